The minimum absolute atomic E-state index is 0.0564. The van der Waals surface area contributed by atoms with Crippen LogP contribution in [0.25, 0.3) is 0 Å². The zero-order chi connectivity index (χ0) is 20.1. The fourth-order valence-corrected chi connectivity index (χ4v) is 3.63. The molecule has 148 valence electrons. The molecule has 1 aromatic heterocycles. The molecule has 1 fully saturated rings. The van der Waals surface area contributed by atoms with Gasteiger partial charge in [-0.05, 0) is 24.3 Å². The molecule has 0 atom stereocenters. The Kier molecular flexibility index (Phi) is 5.72. The molecule has 0 unspecified atom stereocenters. The number of anilines is 1. The van der Waals surface area contributed by atoms with Crippen LogP contribution in [0.1, 0.15) is 26.5 Å². The number of quaternary nitrogens is 1. The highest BCUT2D eigenvalue weighted by molar-refractivity contribution is 6.07. The van der Waals surface area contributed by atoms with Gasteiger partial charge in [0.05, 0.1) is 43.7 Å². The van der Waals surface area contributed by atoms with Crippen molar-refractivity contribution in [2.24, 2.45) is 0 Å². The Bertz CT molecular complexity index is 962. The molecular weight excluding hydrogens is 366 g/mol. The topological polar surface area (TPSA) is 67.0 Å². The van der Waals surface area contributed by atoms with Crippen LogP contribution in [-0.4, -0.2) is 42.9 Å². The summed E-state index contributed by atoms with van der Waals surface area (Å²) in [4.78, 5) is 28.7. The maximum Gasteiger partial charge on any atom is 0.291 e. The standard InChI is InChI=1S/C23H23N3O3/c27-22(21-11-6-16-29-21)24-20-10-5-4-9-19(20)23(28)26-14-12-25(13-15-26)17-18-7-2-1-3-8-18/h1-11,16H,12-15,17H2,(H,24,27)/p+1. The average molecular weight is 390 g/mol. The molecule has 1 aliphatic heterocycles. The minimum atomic E-state index is -0.368. The molecule has 29 heavy (non-hydrogen) atoms. The molecule has 6 nitrogen and oxygen atoms in total. The molecule has 2 amide bonds. The second-order valence-electron chi connectivity index (χ2n) is 7.18. The summed E-state index contributed by atoms with van der Waals surface area (Å²) in [7, 11) is 0. The number of nitrogens with one attached hydrogen (secondary N) is 2. The first kappa shape index (κ1) is 19.0. The summed E-state index contributed by atoms with van der Waals surface area (Å²) < 4.78 is 5.13. The van der Waals surface area contributed by atoms with Gasteiger partial charge in [-0.2, -0.15) is 0 Å². The zero-order valence-electron chi connectivity index (χ0n) is 16.1. The number of nitrogens with zero attached hydrogens (tertiary/aromatic N) is 1. The maximum absolute atomic E-state index is 13.1. The third-order valence-corrected chi connectivity index (χ3v) is 5.21. The van der Waals surface area contributed by atoms with Gasteiger partial charge < -0.3 is 19.5 Å². The highest BCUT2D eigenvalue weighted by Crippen LogP contribution is 2.19. The van der Waals surface area contributed by atoms with Crippen LogP contribution in [-0.2, 0) is 6.54 Å². The Morgan fingerprint density at radius 2 is 1.66 bits per heavy atom. The van der Waals surface area contributed by atoms with E-state index in [0.717, 1.165) is 19.6 Å². The Morgan fingerprint density at radius 3 is 2.38 bits per heavy atom. The van der Waals surface area contributed by atoms with Crippen molar-refractivity contribution in [2.75, 3.05) is 31.5 Å². The quantitative estimate of drug-likeness (QED) is 0.701. The van der Waals surface area contributed by atoms with Gasteiger partial charge >= 0.3 is 0 Å². The van der Waals surface area contributed by atoms with E-state index in [1.54, 1.807) is 30.3 Å². The van der Waals surface area contributed by atoms with E-state index in [0.29, 0.717) is 24.3 Å². The van der Waals surface area contributed by atoms with Crippen LogP contribution in [0.15, 0.2) is 77.4 Å². The second-order valence-corrected chi connectivity index (χ2v) is 7.18. The number of rotatable bonds is 5. The predicted octanol–water partition coefficient (Wildman–Crippen LogP) is 2.07. The molecular formula is C23H24N3O3+. The third-order valence-electron chi connectivity index (χ3n) is 5.21. The molecule has 6 heteroatoms. The first-order chi connectivity index (χ1) is 14.2. The number of furan rings is 1. The fraction of sp³-hybridized carbons (Fsp3) is 0.217. The van der Waals surface area contributed by atoms with E-state index >= 15 is 0 Å². The van der Waals surface area contributed by atoms with Crippen molar-refractivity contribution < 1.29 is 18.9 Å². The van der Waals surface area contributed by atoms with Crippen molar-refractivity contribution in [3.05, 3.63) is 89.9 Å². The number of carbonyl (C=O) groups excluding carboxylic acids is 2. The third kappa shape index (κ3) is 4.55. The second kappa shape index (κ2) is 8.75. The van der Waals surface area contributed by atoms with Crippen LogP contribution in [0.3, 0.4) is 0 Å². The number of hydrogen-bond acceptors (Lipinski definition) is 3. The van der Waals surface area contributed by atoms with Gasteiger partial charge in [0.15, 0.2) is 5.76 Å². The molecule has 2 heterocycles. The summed E-state index contributed by atoms with van der Waals surface area (Å²) in [6, 6.07) is 20.8. The van der Waals surface area contributed by atoms with Gasteiger partial charge in [0.1, 0.15) is 6.54 Å². The van der Waals surface area contributed by atoms with Crippen molar-refractivity contribution >= 4 is 17.5 Å². The Labute approximate surface area is 169 Å². The van der Waals surface area contributed by atoms with Crippen LogP contribution < -0.4 is 10.2 Å². The molecule has 0 aliphatic carbocycles. The molecule has 0 radical (unpaired) electrons. The molecule has 0 saturated carbocycles. The Balaban J connectivity index is 1.39. The molecule has 1 aliphatic rings. The lowest BCUT2D eigenvalue weighted by molar-refractivity contribution is -0.917. The first-order valence-corrected chi connectivity index (χ1v) is 9.81. The number of amides is 2. The minimum Gasteiger partial charge on any atom is -0.459 e. The van der Waals surface area contributed by atoms with Crippen LogP contribution in [0.5, 0.6) is 0 Å². The molecule has 1 saturated heterocycles. The lowest BCUT2D eigenvalue weighted by Crippen LogP contribution is -3.13. The fourth-order valence-electron chi connectivity index (χ4n) is 3.63. The molecule has 0 spiro atoms. The van der Waals surface area contributed by atoms with E-state index in [1.165, 1.54) is 16.7 Å². The van der Waals surface area contributed by atoms with Crippen LogP contribution in [0, 0.1) is 0 Å². The Hall–Kier alpha value is -3.38. The van der Waals surface area contributed by atoms with Crippen molar-refractivity contribution in [3.8, 4) is 0 Å². The number of carbonyl (C=O) groups is 2. The lowest BCUT2D eigenvalue weighted by Gasteiger charge is -2.32. The van der Waals surface area contributed by atoms with Crippen molar-refractivity contribution in [1.82, 2.24) is 4.90 Å². The van der Waals surface area contributed by atoms with Gasteiger partial charge in [0, 0.05) is 5.56 Å². The van der Waals surface area contributed by atoms with E-state index < -0.39 is 0 Å². The number of piperazine rings is 1. The van der Waals surface area contributed by atoms with E-state index in [4.69, 9.17) is 4.42 Å². The molecule has 2 N–H and O–H groups in total. The molecule has 0 bridgehead atoms. The molecule has 2 aromatic carbocycles. The van der Waals surface area contributed by atoms with Gasteiger partial charge in [-0.3, -0.25) is 9.59 Å². The van der Waals surface area contributed by atoms with Crippen molar-refractivity contribution in [2.45, 2.75) is 6.54 Å². The van der Waals surface area contributed by atoms with Gasteiger partial charge in [-0.15, -0.1) is 0 Å². The number of benzene rings is 2. The maximum atomic E-state index is 13.1. The molecule has 4 rings (SSSR count). The monoisotopic (exact) mass is 390 g/mol. The number of para-hydroxylation sites is 1. The predicted molar refractivity (Wildman–Crippen MR) is 110 cm³/mol. The summed E-state index contributed by atoms with van der Waals surface area (Å²) in [5, 5.41) is 2.79. The van der Waals surface area contributed by atoms with Crippen LogP contribution in [0.4, 0.5) is 5.69 Å². The van der Waals surface area contributed by atoms with E-state index in [-0.39, 0.29) is 17.6 Å². The summed E-state index contributed by atoms with van der Waals surface area (Å²) in [6.07, 6.45) is 1.45. The van der Waals surface area contributed by atoms with Gasteiger partial charge in [0.25, 0.3) is 11.8 Å². The largest absolute Gasteiger partial charge is 0.459 e. The highest BCUT2D eigenvalue weighted by Gasteiger charge is 2.26. The average Bonchev–Trinajstić information content (AvgIpc) is 3.30. The summed E-state index contributed by atoms with van der Waals surface area (Å²) in [5.74, 6) is -0.211. The summed E-state index contributed by atoms with van der Waals surface area (Å²) in [5.41, 5.74) is 2.31. The van der Waals surface area contributed by atoms with Gasteiger partial charge in [-0.1, -0.05) is 42.5 Å². The summed E-state index contributed by atoms with van der Waals surface area (Å²) >= 11 is 0. The normalized spacial score (nSPS) is 14.6. The van der Waals surface area contributed by atoms with Gasteiger partial charge in [-0.25, -0.2) is 0 Å². The van der Waals surface area contributed by atoms with Crippen LogP contribution in [0.2, 0.25) is 0 Å². The highest BCUT2D eigenvalue weighted by atomic mass is 16.3. The van der Waals surface area contributed by atoms with Crippen LogP contribution >= 0.6 is 0 Å². The summed E-state index contributed by atoms with van der Waals surface area (Å²) in [6.45, 7) is 4.17. The van der Waals surface area contributed by atoms with E-state index in [2.05, 4.69) is 29.6 Å². The van der Waals surface area contributed by atoms with Crippen molar-refractivity contribution in [3.63, 3.8) is 0 Å². The number of hydrogen-bond donors (Lipinski definition) is 2. The van der Waals surface area contributed by atoms with E-state index in [9.17, 15) is 9.59 Å². The van der Waals surface area contributed by atoms with Gasteiger partial charge in [0.2, 0.25) is 0 Å². The molecule has 3 aromatic rings. The smallest absolute Gasteiger partial charge is 0.291 e. The zero-order valence-corrected chi connectivity index (χ0v) is 16.1. The first-order valence-electron chi connectivity index (χ1n) is 9.81. The SMILES string of the molecule is O=C(Nc1ccccc1C(=O)N1CC[NH+](Cc2ccccc2)CC1)c1ccco1. The lowest BCUT2D eigenvalue weighted by atomic mass is 10.1. The van der Waals surface area contributed by atoms with E-state index in [1.807, 2.05) is 17.0 Å². The Morgan fingerprint density at radius 1 is 0.931 bits per heavy atom. The van der Waals surface area contributed by atoms with Crippen molar-refractivity contribution in [1.29, 1.82) is 0 Å².